The van der Waals surface area contributed by atoms with Crippen molar-refractivity contribution in [2.24, 2.45) is 0 Å². The van der Waals surface area contributed by atoms with Gasteiger partial charge >= 0.3 is 0 Å². The SMILES string of the molecule is CCCCCCOc1ccc(C2c3c(oc4ccc(Br)cc4c3=O)C(=O)N2c2nnc(CC)s2)cc1. The molecular weight excluding hydrogens is 542 g/mol. The van der Waals surface area contributed by atoms with Gasteiger partial charge in [-0.2, -0.15) is 0 Å². The molecule has 2 aromatic heterocycles. The molecule has 0 aliphatic carbocycles. The summed E-state index contributed by atoms with van der Waals surface area (Å²) >= 11 is 4.78. The number of rotatable bonds is 9. The second kappa shape index (κ2) is 10.5. The van der Waals surface area contributed by atoms with Crippen LogP contribution in [0.15, 0.2) is 56.1 Å². The monoisotopic (exact) mass is 567 g/mol. The number of hydrogen-bond acceptors (Lipinski definition) is 7. The third-order valence-corrected chi connectivity index (χ3v) is 7.82. The first-order chi connectivity index (χ1) is 17.5. The lowest BCUT2D eigenvalue weighted by Gasteiger charge is -2.22. The van der Waals surface area contributed by atoms with Crippen LogP contribution in [0.5, 0.6) is 5.75 Å². The standard InChI is InChI=1S/C27H26BrN3O4S/c1-3-5-6-7-14-34-18-11-8-16(9-12-18)23-22-24(32)19-15-17(28)10-13-20(19)35-25(22)26(33)31(23)27-30-29-21(4-2)36-27/h8-13,15,23H,3-7,14H2,1-2H3. The lowest BCUT2D eigenvalue weighted by molar-refractivity contribution is 0.0970. The molecule has 5 rings (SSSR count). The molecular formula is C27H26BrN3O4S. The predicted octanol–water partition coefficient (Wildman–Crippen LogP) is 6.68. The van der Waals surface area contributed by atoms with Crippen molar-refractivity contribution in [3.63, 3.8) is 0 Å². The topological polar surface area (TPSA) is 85.5 Å². The van der Waals surface area contributed by atoms with Crippen LogP contribution in [0.25, 0.3) is 11.0 Å². The number of carbonyl (C=O) groups excluding carboxylic acids is 1. The molecule has 0 radical (unpaired) electrons. The second-order valence-electron chi connectivity index (χ2n) is 8.70. The zero-order valence-corrected chi connectivity index (χ0v) is 22.5. The third kappa shape index (κ3) is 4.57. The van der Waals surface area contributed by atoms with E-state index in [1.54, 1.807) is 18.2 Å². The maximum atomic E-state index is 13.7. The van der Waals surface area contributed by atoms with Gasteiger partial charge in [0.2, 0.25) is 10.9 Å². The first-order valence-electron chi connectivity index (χ1n) is 12.2. The fraction of sp³-hybridized carbons (Fsp3) is 0.333. The van der Waals surface area contributed by atoms with Crippen molar-refractivity contribution in [1.29, 1.82) is 0 Å². The molecule has 3 heterocycles. The van der Waals surface area contributed by atoms with Crippen molar-refractivity contribution < 1.29 is 13.9 Å². The normalized spacial score (nSPS) is 15.0. The van der Waals surface area contributed by atoms with Crippen molar-refractivity contribution in [2.75, 3.05) is 11.5 Å². The average Bonchev–Trinajstić information content (AvgIpc) is 3.47. The number of aromatic nitrogens is 2. The Morgan fingerprint density at radius 3 is 2.58 bits per heavy atom. The minimum atomic E-state index is -0.677. The quantitative estimate of drug-likeness (QED) is 0.210. The highest BCUT2D eigenvalue weighted by Gasteiger charge is 2.45. The van der Waals surface area contributed by atoms with Gasteiger partial charge in [0.05, 0.1) is 23.6 Å². The number of carbonyl (C=O) groups is 1. The van der Waals surface area contributed by atoms with Crippen LogP contribution in [-0.2, 0) is 6.42 Å². The number of halogens is 1. The zero-order chi connectivity index (χ0) is 25.2. The Kier molecular flexibility index (Phi) is 7.20. The fourth-order valence-electron chi connectivity index (χ4n) is 4.41. The summed E-state index contributed by atoms with van der Waals surface area (Å²) in [5.41, 5.74) is 1.22. The molecule has 0 saturated heterocycles. The van der Waals surface area contributed by atoms with Gasteiger partial charge in [-0.05, 0) is 48.7 Å². The number of nitrogens with zero attached hydrogens (tertiary/aromatic N) is 3. The van der Waals surface area contributed by atoms with Crippen molar-refractivity contribution in [3.8, 4) is 5.75 Å². The van der Waals surface area contributed by atoms with Gasteiger partial charge in [0.15, 0.2) is 5.43 Å². The molecule has 0 N–H and O–H groups in total. The Balaban J connectivity index is 1.56. The maximum absolute atomic E-state index is 13.7. The summed E-state index contributed by atoms with van der Waals surface area (Å²) in [6.45, 7) is 4.83. The second-order valence-corrected chi connectivity index (χ2v) is 10.7. The summed E-state index contributed by atoms with van der Waals surface area (Å²) in [6.07, 6.45) is 5.24. The van der Waals surface area contributed by atoms with E-state index in [-0.39, 0.29) is 11.2 Å². The molecule has 186 valence electrons. The molecule has 0 bridgehead atoms. The number of unbranched alkanes of at least 4 members (excludes halogenated alkanes) is 3. The molecule has 36 heavy (non-hydrogen) atoms. The highest BCUT2D eigenvalue weighted by Crippen LogP contribution is 2.42. The third-order valence-electron chi connectivity index (χ3n) is 6.26. The molecule has 1 aliphatic rings. The number of aryl methyl sites for hydroxylation is 1. The van der Waals surface area contributed by atoms with Gasteiger partial charge in [-0.3, -0.25) is 14.5 Å². The van der Waals surface area contributed by atoms with Crippen molar-refractivity contribution in [1.82, 2.24) is 10.2 Å². The van der Waals surface area contributed by atoms with Crippen molar-refractivity contribution in [3.05, 3.63) is 79.1 Å². The zero-order valence-electron chi connectivity index (χ0n) is 20.1. The summed E-state index contributed by atoms with van der Waals surface area (Å²) in [5.74, 6) is 0.404. The summed E-state index contributed by atoms with van der Waals surface area (Å²) in [7, 11) is 0. The molecule has 1 amide bonds. The number of ether oxygens (including phenoxy) is 1. The Labute approximate surface area is 221 Å². The summed E-state index contributed by atoms with van der Waals surface area (Å²) in [6, 6.07) is 12.1. The minimum absolute atomic E-state index is 0.0457. The van der Waals surface area contributed by atoms with Gasteiger partial charge in [-0.15, -0.1) is 10.2 Å². The highest BCUT2D eigenvalue weighted by molar-refractivity contribution is 9.10. The Morgan fingerprint density at radius 2 is 1.86 bits per heavy atom. The van der Waals surface area contributed by atoms with E-state index >= 15 is 0 Å². The van der Waals surface area contributed by atoms with E-state index in [1.165, 1.54) is 29.1 Å². The van der Waals surface area contributed by atoms with Gasteiger partial charge in [0.25, 0.3) is 5.91 Å². The maximum Gasteiger partial charge on any atom is 0.297 e. The fourth-order valence-corrected chi connectivity index (χ4v) is 5.57. The molecule has 0 saturated carbocycles. The van der Waals surface area contributed by atoms with Crippen LogP contribution in [0.3, 0.4) is 0 Å². The van der Waals surface area contributed by atoms with Gasteiger partial charge < -0.3 is 9.15 Å². The van der Waals surface area contributed by atoms with E-state index in [1.807, 2.05) is 31.2 Å². The van der Waals surface area contributed by atoms with Crippen LogP contribution in [-0.4, -0.2) is 22.7 Å². The summed E-state index contributed by atoms with van der Waals surface area (Å²) in [5, 5.41) is 10.1. The van der Waals surface area contributed by atoms with Gasteiger partial charge in [0.1, 0.15) is 16.3 Å². The molecule has 0 spiro atoms. The van der Waals surface area contributed by atoms with E-state index in [0.29, 0.717) is 34.7 Å². The van der Waals surface area contributed by atoms with E-state index < -0.39 is 11.9 Å². The van der Waals surface area contributed by atoms with Crippen LogP contribution < -0.4 is 15.1 Å². The Morgan fingerprint density at radius 1 is 1.06 bits per heavy atom. The van der Waals surface area contributed by atoms with Gasteiger partial charge in [-0.1, -0.05) is 72.5 Å². The van der Waals surface area contributed by atoms with E-state index in [0.717, 1.165) is 33.6 Å². The molecule has 7 nitrogen and oxygen atoms in total. The molecule has 4 aromatic rings. The van der Waals surface area contributed by atoms with Crippen molar-refractivity contribution in [2.45, 2.75) is 52.0 Å². The van der Waals surface area contributed by atoms with Gasteiger partial charge in [0, 0.05) is 4.47 Å². The first-order valence-corrected chi connectivity index (χ1v) is 13.8. The predicted molar refractivity (Wildman–Crippen MR) is 144 cm³/mol. The van der Waals surface area contributed by atoms with Crippen LogP contribution in [0, 0.1) is 0 Å². The number of amides is 1. The van der Waals surface area contributed by atoms with E-state index in [9.17, 15) is 9.59 Å². The Hall–Kier alpha value is -3.04. The average molecular weight is 568 g/mol. The van der Waals surface area contributed by atoms with Gasteiger partial charge in [-0.25, -0.2) is 0 Å². The van der Waals surface area contributed by atoms with E-state index in [2.05, 4.69) is 33.1 Å². The van der Waals surface area contributed by atoms with Crippen LogP contribution in [0.1, 0.15) is 72.3 Å². The number of benzene rings is 2. The van der Waals surface area contributed by atoms with Crippen LogP contribution >= 0.6 is 27.3 Å². The molecule has 1 aliphatic heterocycles. The Bertz CT molecular complexity index is 1460. The summed E-state index contributed by atoms with van der Waals surface area (Å²) < 4.78 is 12.7. The molecule has 2 aromatic carbocycles. The number of fused-ring (bicyclic) bond motifs is 2. The van der Waals surface area contributed by atoms with E-state index in [4.69, 9.17) is 9.15 Å². The smallest absolute Gasteiger partial charge is 0.297 e. The van der Waals surface area contributed by atoms with Crippen molar-refractivity contribution >= 4 is 49.3 Å². The largest absolute Gasteiger partial charge is 0.494 e. The molecule has 1 unspecified atom stereocenters. The lowest BCUT2D eigenvalue weighted by atomic mass is 9.98. The highest BCUT2D eigenvalue weighted by atomic mass is 79.9. The molecule has 1 atom stereocenters. The lowest BCUT2D eigenvalue weighted by Crippen LogP contribution is -2.29. The minimum Gasteiger partial charge on any atom is -0.494 e. The molecule has 9 heteroatoms. The molecule has 0 fully saturated rings. The number of anilines is 1. The number of hydrogen-bond donors (Lipinski definition) is 0. The van der Waals surface area contributed by atoms with Crippen LogP contribution in [0.2, 0.25) is 0 Å². The first kappa shape index (κ1) is 24.6. The van der Waals surface area contributed by atoms with Crippen LogP contribution in [0.4, 0.5) is 5.13 Å². The summed E-state index contributed by atoms with van der Waals surface area (Å²) in [4.78, 5) is 28.9.